The number of benzene rings is 1. The zero-order chi connectivity index (χ0) is 17.4. The van der Waals surface area contributed by atoms with Gasteiger partial charge in [0.25, 0.3) is 5.91 Å². The van der Waals surface area contributed by atoms with Crippen LogP contribution in [-0.4, -0.2) is 29.3 Å². The summed E-state index contributed by atoms with van der Waals surface area (Å²) in [6, 6.07) is 11.7. The van der Waals surface area contributed by atoms with Crippen LogP contribution in [0.3, 0.4) is 0 Å². The Kier molecular flexibility index (Phi) is 4.24. The Hall–Kier alpha value is -2.30. The first-order chi connectivity index (χ1) is 12.2. The standard InChI is InChI=1S/C18H15N3O2S2/c19-9-12-14-15(17(23)21-8-4-7-13(21)16(22)20-14)25-18(12)24-10-11-5-2-1-3-6-11/h1-3,5-6,13H,4,7-8,10H2,(H,20,22)/t13-/m0/s1. The summed E-state index contributed by atoms with van der Waals surface area (Å²) in [5.41, 5.74) is 1.95. The monoisotopic (exact) mass is 369 g/mol. The van der Waals surface area contributed by atoms with Crippen LogP contribution >= 0.6 is 23.1 Å². The van der Waals surface area contributed by atoms with Crippen LogP contribution in [0.5, 0.6) is 0 Å². The van der Waals surface area contributed by atoms with Crippen molar-refractivity contribution in [3.05, 3.63) is 46.3 Å². The third-order valence-electron chi connectivity index (χ3n) is 4.46. The lowest BCUT2D eigenvalue weighted by atomic mass is 10.2. The number of nitrogens with zero attached hydrogens (tertiary/aromatic N) is 2. The number of rotatable bonds is 3. The number of anilines is 1. The first kappa shape index (κ1) is 16.2. The SMILES string of the molecule is N#Cc1c(SCc2ccccc2)sc2c1NC(=O)[C@@H]1CCCN1C2=O. The Labute approximate surface area is 153 Å². The maximum atomic E-state index is 12.8. The van der Waals surface area contributed by atoms with Crippen molar-refractivity contribution in [1.29, 1.82) is 5.26 Å². The van der Waals surface area contributed by atoms with Crippen LogP contribution in [0.25, 0.3) is 0 Å². The molecule has 4 rings (SSSR count). The Balaban J connectivity index is 1.68. The van der Waals surface area contributed by atoms with E-state index in [2.05, 4.69) is 11.4 Å². The average molecular weight is 369 g/mol. The minimum atomic E-state index is -0.404. The molecule has 0 saturated carbocycles. The van der Waals surface area contributed by atoms with Crippen LogP contribution in [-0.2, 0) is 10.5 Å². The van der Waals surface area contributed by atoms with E-state index in [0.29, 0.717) is 34.8 Å². The highest BCUT2D eigenvalue weighted by Crippen LogP contribution is 2.43. The lowest BCUT2D eigenvalue weighted by Gasteiger charge is -2.19. The number of hydrogen-bond donors (Lipinski definition) is 1. The molecule has 2 aliphatic heterocycles. The van der Waals surface area contributed by atoms with E-state index in [1.165, 1.54) is 23.1 Å². The Morgan fingerprint density at radius 3 is 2.88 bits per heavy atom. The molecular weight excluding hydrogens is 354 g/mol. The highest BCUT2D eigenvalue weighted by Gasteiger charge is 2.40. The summed E-state index contributed by atoms with van der Waals surface area (Å²) in [5.74, 6) is 0.394. The molecule has 5 nitrogen and oxygen atoms in total. The van der Waals surface area contributed by atoms with Crippen molar-refractivity contribution in [3.63, 3.8) is 0 Å². The second-order valence-corrected chi connectivity index (χ2v) is 8.27. The number of thiophene rings is 1. The van der Waals surface area contributed by atoms with Gasteiger partial charge in [-0.2, -0.15) is 5.26 Å². The molecule has 1 aromatic heterocycles. The number of amides is 2. The van der Waals surface area contributed by atoms with E-state index in [1.807, 2.05) is 30.3 Å². The van der Waals surface area contributed by atoms with Crippen LogP contribution < -0.4 is 5.32 Å². The molecule has 2 aromatic rings. The quantitative estimate of drug-likeness (QED) is 0.841. The van der Waals surface area contributed by atoms with Gasteiger partial charge in [0.15, 0.2) is 0 Å². The van der Waals surface area contributed by atoms with Crippen molar-refractivity contribution < 1.29 is 9.59 Å². The zero-order valence-electron chi connectivity index (χ0n) is 13.3. The Morgan fingerprint density at radius 1 is 1.32 bits per heavy atom. The number of nitrogens with one attached hydrogen (secondary N) is 1. The molecule has 0 radical (unpaired) electrons. The summed E-state index contributed by atoms with van der Waals surface area (Å²) < 4.78 is 0.780. The third-order valence-corrected chi connectivity index (χ3v) is 6.98. The lowest BCUT2D eigenvalue weighted by Crippen LogP contribution is -2.40. The van der Waals surface area contributed by atoms with Crippen molar-refractivity contribution in [3.8, 4) is 6.07 Å². The fourth-order valence-electron chi connectivity index (χ4n) is 3.23. The number of carbonyl (C=O) groups excluding carboxylic acids is 2. The number of nitriles is 1. The summed E-state index contributed by atoms with van der Waals surface area (Å²) in [4.78, 5) is 27.4. The minimum absolute atomic E-state index is 0.135. The number of carbonyl (C=O) groups is 2. The normalized spacial score (nSPS) is 19.0. The Morgan fingerprint density at radius 2 is 2.12 bits per heavy atom. The largest absolute Gasteiger partial charge is 0.326 e. The third kappa shape index (κ3) is 2.81. The predicted octanol–water partition coefficient (Wildman–Crippen LogP) is 3.47. The lowest BCUT2D eigenvalue weighted by molar-refractivity contribution is -0.119. The van der Waals surface area contributed by atoms with E-state index in [4.69, 9.17) is 0 Å². The van der Waals surface area contributed by atoms with Crippen molar-refractivity contribution in [2.24, 2.45) is 0 Å². The molecule has 1 fully saturated rings. The molecule has 126 valence electrons. The summed E-state index contributed by atoms with van der Waals surface area (Å²) in [7, 11) is 0. The fourth-order valence-corrected chi connectivity index (χ4v) is 5.57. The highest BCUT2D eigenvalue weighted by molar-refractivity contribution is 8.00. The zero-order valence-corrected chi connectivity index (χ0v) is 15.0. The van der Waals surface area contributed by atoms with Crippen molar-refractivity contribution in [2.45, 2.75) is 28.8 Å². The van der Waals surface area contributed by atoms with Gasteiger partial charge < -0.3 is 10.2 Å². The van der Waals surface area contributed by atoms with E-state index in [0.717, 1.165) is 16.2 Å². The summed E-state index contributed by atoms with van der Waals surface area (Å²) in [6.07, 6.45) is 1.52. The molecule has 25 heavy (non-hydrogen) atoms. The molecule has 1 aromatic carbocycles. The van der Waals surface area contributed by atoms with Gasteiger partial charge in [0, 0.05) is 12.3 Å². The van der Waals surface area contributed by atoms with E-state index >= 15 is 0 Å². The van der Waals surface area contributed by atoms with Gasteiger partial charge in [-0.3, -0.25) is 9.59 Å². The smallest absolute Gasteiger partial charge is 0.266 e. The van der Waals surface area contributed by atoms with Crippen LogP contribution in [0, 0.1) is 11.3 Å². The number of thioether (sulfide) groups is 1. The van der Waals surface area contributed by atoms with Crippen molar-refractivity contribution in [1.82, 2.24) is 4.90 Å². The molecule has 3 heterocycles. The van der Waals surface area contributed by atoms with E-state index < -0.39 is 6.04 Å². The van der Waals surface area contributed by atoms with E-state index in [9.17, 15) is 14.9 Å². The maximum Gasteiger partial charge on any atom is 0.266 e. The van der Waals surface area contributed by atoms with Gasteiger partial charge >= 0.3 is 0 Å². The molecule has 0 unspecified atom stereocenters. The van der Waals surface area contributed by atoms with E-state index in [-0.39, 0.29) is 11.8 Å². The summed E-state index contributed by atoms with van der Waals surface area (Å²) in [5, 5.41) is 12.4. The van der Waals surface area contributed by atoms with Crippen LogP contribution in [0.15, 0.2) is 34.5 Å². The topological polar surface area (TPSA) is 73.2 Å². The van der Waals surface area contributed by atoms with Gasteiger partial charge in [-0.05, 0) is 18.4 Å². The van der Waals surface area contributed by atoms with Gasteiger partial charge in [0.1, 0.15) is 22.6 Å². The van der Waals surface area contributed by atoms with E-state index in [1.54, 1.807) is 4.90 Å². The van der Waals surface area contributed by atoms with Crippen molar-refractivity contribution >= 4 is 40.6 Å². The summed E-state index contributed by atoms with van der Waals surface area (Å²) >= 11 is 2.84. The molecule has 7 heteroatoms. The fraction of sp³-hybridized carbons (Fsp3) is 0.278. The van der Waals surface area contributed by atoms with Crippen LogP contribution in [0.4, 0.5) is 5.69 Å². The van der Waals surface area contributed by atoms with Crippen molar-refractivity contribution in [2.75, 3.05) is 11.9 Å². The molecular formula is C18H15N3O2S2. The van der Waals surface area contributed by atoms with Gasteiger partial charge in [0.2, 0.25) is 5.91 Å². The molecule has 2 aliphatic rings. The predicted molar refractivity (Wildman–Crippen MR) is 97.7 cm³/mol. The molecule has 2 amide bonds. The van der Waals surface area contributed by atoms with Gasteiger partial charge in [0.05, 0.1) is 9.90 Å². The summed E-state index contributed by atoms with van der Waals surface area (Å²) in [6.45, 7) is 0.600. The number of fused-ring (bicyclic) bond motifs is 2. The van der Waals surface area contributed by atoms with Gasteiger partial charge in [-0.25, -0.2) is 0 Å². The molecule has 1 N–H and O–H groups in total. The molecule has 0 aliphatic carbocycles. The maximum absolute atomic E-state index is 12.8. The highest BCUT2D eigenvalue weighted by atomic mass is 32.2. The van der Waals surface area contributed by atoms with Crippen LogP contribution in [0.1, 0.15) is 33.6 Å². The second kappa shape index (κ2) is 6.54. The molecule has 1 saturated heterocycles. The molecule has 0 spiro atoms. The second-order valence-electron chi connectivity index (χ2n) is 6.00. The van der Waals surface area contributed by atoms with Gasteiger partial charge in [-0.1, -0.05) is 30.3 Å². The molecule has 1 atom stereocenters. The van der Waals surface area contributed by atoms with Crippen LogP contribution in [0.2, 0.25) is 0 Å². The first-order valence-electron chi connectivity index (χ1n) is 8.04. The molecule has 0 bridgehead atoms. The minimum Gasteiger partial charge on any atom is -0.326 e. The average Bonchev–Trinajstić information content (AvgIpc) is 3.23. The van der Waals surface area contributed by atoms with Gasteiger partial charge in [-0.15, -0.1) is 23.1 Å². The number of hydrogen-bond acceptors (Lipinski definition) is 5. The first-order valence-corrected chi connectivity index (χ1v) is 9.84. The Bertz CT molecular complexity index is 886.